The molecule has 5 unspecified atom stereocenters. The van der Waals surface area contributed by atoms with Gasteiger partial charge in [-0.1, -0.05) is 88.4 Å². The van der Waals surface area contributed by atoms with E-state index in [1.54, 1.807) is 6.08 Å². The average Bonchev–Trinajstić information content (AvgIpc) is 2.95. The van der Waals surface area contributed by atoms with Gasteiger partial charge in [-0.15, -0.1) is 0 Å². The van der Waals surface area contributed by atoms with Gasteiger partial charge in [0.15, 0.2) is 0 Å². The average molecular weight is 517 g/mol. The molecule has 0 saturated carbocycles. The second kappa shape index (κ2) is 13.5. The van der Waals surface area contributed by atoms with Crippen LogP contribution in [0, 0.1) is 22.7 Å². The summed E-state index contributed by atoms with van der Waals surface area (Å²) in [6, 6.07) is 18.3. The summed E-state index contributed by atoms with van der Waals surface area (Å²) >= 11 is 0. The van der Waals surface area contributed by atoms with Crippen molar-refractivity contribution in [2.24, 2.45) is 16.3 Å². The first-order chi connectivity index (χ1) is 18.2. The van der Waals surface area contributed by atoms with Crippen LogP contribution in [0.4, 0.5) is 4.39 Å². The number of allylic oxidation sites excluding steroid dienone is 5. The van der Waals surface area contributed by atoms with Crippen molar-refractivity contribution in [1.29, 1.82) is 5.26 Å². The van der Waals surface area contributed by atoms with Crippen LogP contribution in [0.2, 0.25) is 0 Å². The van der Waals surface area contributed by atoms with Gasteiger partial charge >= 0.3 is 0 Å². The lowest BCUT2D eigenvalue weighted by molar-refractivity contribution is 0.0492. The van der Waals surface area contributed by atoms with E-state index in [2.05, 4.69) is 50.3 Å². The highest BCUT2D eigenvalue weighted by molar-refractivity contribution is 6.10. The zero-order valence-corrected chi connectivity index (χ0v) is 23.4. The maximum absolute atomic E-state index is 12.9. The standard InChI is InChI=1S/C25H28N2O.C9H13F.2H2/c1-4-19-9-11-20(12-10-19)13-14-24(28)25(3)16-15-23(27-18(25)2)22-8-6-5-7-21(22)17-26;1-3-8-5-4-7(2)9(10)6-8;;/h5-12,15-16,18,24,28H,4,13-14H2,1-3H3;4-7,9H,3H2,1-2H3;2*1H. The van der Waals surface area contributed by atoms with E-state index in [1.807, 2.05) is 63.3 Å². The minimum absolute atomic E-state index is 0. The van der Waals surface area contributed by atoms with Crippen LogP contribution in [0.1, 0.15) is 72.6 Å². The van der Waals surface area contributed by atoms with Crippen LogP contribution in [0.5, 0.6) is 0 Å². The summed E-state index contributed by atoms with van der Waals surface area (Å²) in [5, 5.41) is 20.3. The molecule has 1 aliphatic carbocycles. The topological polar surface area (TPSA) is 56.4 Å². The Balaban J connectivity index is 0.000000567. The zero-order valence-electron chi connectivity index (χ0n) is 23.4. The van der Waals surface area contributed by atoms with Crippen LogP contribution in [-0.4, -0.2) is 29.1 Å². The maximum atomic E-state index is 12.9. The molecule has 0 radical (unpaired) electrons. The van der Waals surface area contributed by atoms with Crippen molar-refractivity contribution in [1.82, 2.24) is 0 Å². The zero-order chi connectivity index (χ0) is 27.7. The lowest BCUT2D eigenvalue weighted by Crippen LogP contribution is -2.41. The predicted octanol–water partition coefficient (Wildman–Crippen LogP) is 8.23. The molecule has 0 bridgehead atoms. The minimum atomic E-state index is -0.764. The van der Waals surface area contributed by atoms with Gasteiger partial charge in [-0.2, -0.15) is 5.26 Å². The predicted molar refractivity (Wildman–Crippen MR) is 160 cm³/mol. The SMILES string of the molecule is CCC1=CC(F)C(C)C=C1.CCc1ccc(CCC(O)C2(C)C=CC(c3ccccc3C#N)=NC2C)cc1.[HH].[HH]. The molecule has 1 aliphatic heterocycles. The first kappa shape index (κ1) is 29.3. The number of hydrogen-bond acceptors (Lipinski definition) is 3. The molecule has 204 valence electrons. The smallest absolute Gasteiger partial charge is 0.125 e. The molecule has 0 aromatic heterocycles. The first-order valence-corrected chi connectivity index (χ1v) is 13.8. The molecule has 1 N–H and O–H groups in total. The van der Waals surface area contributed by atoms with Crippen molar-refractivity contribution in [3.63, 3.8) is 0 Å². The van der Waals surface area contributed by atoms with Gasteiger partial charge in [0.2, 0.25) is 0 Å². The van der Waals surface area contributed by atoms with E-state index in [0.717, 1.165) is 36.1 Å². The highest BCUT2D eigenvalue weighted by atomic mass is 19.1. The number of aryl methyl sites for hydroxylation is 2. The molecule has 0 spiro atoms. The van der Waals surface area contributed by atoms with Crippen LogP contribution in [0.25, 0.3) is 0 Å². The molecular formula is C34H45FN2O. The van der Waals surface area contributed by atoms with Crippen LogP contribution in [0.3, 0.4) is 0 Å². The molecule has 4 heteroatoms. The molecule has 3 nitrogen and oxygen atoms in total. The number of aliphatic hydroxyl groups is 1. The van der Waals surface area contributed by atoms with Crippen LogP contribution in [0.15, 0.2) is 89.5 Å². The summed E-state index contributed by atoms with van der Waals surface area (Å²) < 4.78 is 12.9. The number of benzene rings is 2. The Morgan fingerprint density at radius 2 is 1.74 bits per heavy atom. The van der Waals surface area contributed by atoms with E-state index in [0.29, 0.717) is 12.0 Å². The Bertz CT molecular complexity index is 1250. The van der Waals surface area contributed by atoms with Crippen molar-refractivity contribution < 1.29 is 12.4 Å². The molecule has 38 heavy (non-hydrogen) atoms. The lowest BCUT2D eigenvalue weighted by atomic mass is 9.74. The summed E-state index contributed by atoms with van der Waals surface area (Å²) in [6.45, 7) is 10.2. The number of nitriles is 1. The number of hydrogen-bond donors (Lipinski definition) is 1. The summed E-state index contributed by atoms with van der Waals surface area (Å²) in [7, 11) is 0. The highest BCUT2D eigenvalue weighted by Gasteiger charge is 2.38. The van der Waals surface area contributed by atoms with Crippen molar-refractivity contribution >= 4 is 5.71 Å². The van der Waals surface area contributed by atoms with Gasteiger partial charge in [-0.05, 0) is 67.5 Å². The van der Waals surface area contributed by atoms with Crippen LogP contribution < -0.4 is 0 Å². The van der Waals surface area contributed by atoms with Gasteiger partial charge in [0.1, 0.15) is 6.17 Å². The van der Waals surface area contributed by atoms with E-state index in [-0.39, 0.29) is 14.8 Å². The van der Waals surface area contributed by atoms with E-state index in [9.17, 15) is 14.8 Å². The molecule has 4 rings (SSSR count). The van der Waals surface area contributed by atoms with Crippen molar-refractivity contribution in [3.8, 4) is 6.07 Å². The first-order valence-electron chi connectivity index (χ1n) is 13.8. The second-order valence-electron chi connectivity index (χ2n) is 10.5. The molecule has 2 aliphatic rings. The fraction of sp³-hybridized carbons (Fsp3) is 0.412. The molecule has 0 amide bonds. The van der Waals surface area contributed by atoms with Gasteiger partial charge in [0, 0.05) is 19.7 Å². The molecule has 2 aromatic rings. The second-order valence-corrected chi connectivity index (χ2v) is 10.5. The molecule has 1 heterocycles. The number of nitrogens with zero attached hydrogens (tertiary/aromatic N) is 2. The molecular weight excluding hydrogens is 471 g/mol. The van der Waals surface area contributed by atoms with Gasteiger partial charge in [0.05, 0.1) is 29.5 Å². The maximum Gasteiger partial charge on any atom is 0.125 e. The number of rotatable bonds is 7. The van der Waals surface area contributed by atoms with Crippen molar-refractivity contribution in [3.05, 3.63) is 107 Å². The van der Waals surface area contributed by atoms with Crippen molar-refractivity contribution in [2.75, 3.05) is 0 Å². The van der Waals surface area contributed by atoms with E-state index < -0.39 is 17.7 Å². The molecule has 0 fully saturated rings. The summed E-state index contributed by atoms with van der Waals surface area (Å²) in [5.41, 5.74) is 5.56. The fourth-order valence-corrected chi connectivity index (χ4v) is 4.73. The normalized spacial score (nSPS) is 24.9. The van der Waals surface area contributed by atoms with Crippen LogP contribution in [-0.2, 0) is 12.8 Å². The van der Waals surface area contributed by atoms with Gasteiger partial charge < -0.3 is 5.11 Å². The third kappa shape index (κ3) is 7.17. The molecule has 2 aromatic carbocycles. The van der Waals surface area contributed by atoms with E-state index in [1.165, 1.54) is 11.1 Å². The quantitative estimate of drug-likeness (QED) is 0.403. The number of alkyl halides is 1. The highest BCUT2D eigenvalue weighted by Crippen LogP contribution is 2.36. The Morgan fingerprint density at radius 3 is 2.34 bits per heavy atom. The number of aliphatic hydroxyl groups excluding tert-OH is 1. The van der Waals surface area contributed by atoms with Crippen LogP contribution >= 0.6 is 0 Å². The Morgan fingerprint density at radius 1 is 1.05 bits per heavy atom. The fourth-order valence-electron chi connectivity index (χ4n) is 4.73. The summed E-state index contributed by atoms with van der Waals surface area (Å²) in [6.07, 6.45) is 11.9. The van der Waals surface area contributed by atoms with Gasteiger partial charge in [-0.25, -0.2) is 4.39 Å². The largest absolute Gasteiger partial charge is 0.392 e. The van der Waals surface area contributed by atoms with Gasteiger partial charge in [0.25, 0.3) is 0 Å². The third-order valence-corrected chi connectivity index (χ3v) is 7.91. The summed E-state index contributed by atoms with van der Waals surface area (Å²) in [4.78, 5) is 4.83. The monoisotopic (exact) mass is 516 g/mol. The lowest BCUT2D eigenvalue weighted by Gasteiger charge is -2.38. The van der Waals surface area contributed by atoms with E-state index >= 15 is 0 Å². The summed E-state index contributed by atoms with van der Waals surface area (Å²) in [5.74, 6) is 0.0651. The molecule has 5 atom stereocenters. The van der Waals surface area contributed by atoms with E-state index in [4.69, 9.17) is 4.99 Å². The Hall–Kier alpha value is -3.29. The van der Waals surface area contributed by atoms with Crippen molar-refractivity contribution in [2.45, 2.75) is 78.6 Å². The minimum Gasteiger partial charge on any atom is -0.392 e. The number of aliphatic imine (C=N–C) groups is 1. The van der Waals surface area contributed by atoms with Gasteiger partial charge in [-0.3, -0.25) is 4.99 Å². The molecule has 0 saturated heterocycles. The Labute approximate surface area is 231 Å². The number of dihydropyridines is 1. The number of halogens is 1. The Kier molecular flexibility index (Phi) is 10.4. The third-order valence-electron chi connectivity index (χ3n) is 7.91.